The van der Waals surface area contributed by atoms with E-state index in [2.05, 4.69) is 41.1 Å². The van der Waals surface area contributed by atoms with Gasteiger partial charge in [-0.3, -0.25) is 9.69 Å². The monoisotopic (exact) mass is 311 g/mol. The molecular formula is C19H25N3O. The summed E-state index contributed by atoms with van der Waals surface area (Å²) < 4.78 is 0. The van der Waals surface area contributed by atoms with E-state index in [0.29, 0.717) is 12.6 Å². The molecule has 2 aliphatic heterocycles. The van der Waals surface area contributed by atoms with Gasteiger partial charge in [-0.15, -0.1) is 0 Å². The molecule has 1 fully saturated rings. The molecule has 1 unspecified atom stereocenters. The van der Waals surface area contributed by atoms with Crippen LogP contribution in [0.25, 0.3) is 10.9 Å². The highest BCUT2D eigenvalue weighted by atomic mass is 16.2. The molecule has 0 spiro atoms. The van der Waals surface area contributed by atoms with E-state index in [-0.39, 0.29) is 5.91 Å². The maximum Gasteiger partial charge on any atom is 0.237 e. The van der Waals surface area contributed by atoms with Crippen molar-refractivity contribution in [3.63, 3.8) is 0 Å². The Balaban J connectivity index is 1.50. The first-order valence-corrected chi connectivity index (χ1v) is 8.82. The first kappa shape index (κ1) is 14.8. The average Bonchev–Trinajstić information content (AvgIpc) is 2.94. The normalized spacial score (nSPS) is 22.3. The predicted molar refractivity (Wildman–Crippen MR) is 92.3 cm³/mol. The summed E-state index contributed by atoms with van der Waals surface area (Å²) in [7, 11) is 0. The van der Waals surface area contributed by atoms with Crippen molar-refractivity contribution in [2.24, 2.45) is 0 Å². The van der Waals surface area contributed by atoms with Crippen LogP contribution in [0.5, 0.6) is 0 Å². The molecule has 1 aromatic carbocycles. The molecule has 2 aliphatic rings. The molecule has 0 aliphatic carbocycles. The number of hydrogen-bond donors (Lipinski definition) is 1. The highest BCUT2D eigenvalue weighted by Gasteiger charge is 2.27. The van der Waals surface area contributed by atoms with E-state index in [0.717, 1.165) is 26.1 Å². The van der Waals surface area contributed by atoms with Gasteiger partial charge in [-0.25, -0.2) is 0 Å². The summed E-state index contributed by atoms with van der Waals surface area (Å²) in [6.45, 7) is 5.49. The number of para-hydroxylation sites is 1. The molecule has 4 heteroatoms. The van der Waals surface area contributed by atoms with Crippen molar-refractivity contribution in [2.45, 2.75) is 45.2 Å². The molecule has 3 heterocycles. The second kappa shape index (κ2) is 6.00. The summed E-state index contributed by atoms with van der Waals surface area (Å²) in [4.78, 5) is 20.7. The topological polar surface area (TPSA) is 39.3 Å². The zero-order valence-electron chi connectivity index (χ0n) is 13.8. The number of nitrogens with zero attached hydrogens (tertiary/aromatic N) is 2. The van der Waals surface area contributed by atoms with Gasteiger partial charge < -0.3 is 9.88 Å². The Bertz CT molecular complexity index is 720. The van der Waals surface area contributed by atoms with Crippen LogP contribution in [0.4, 0.5) is 0 Å². The van der Waals surface area contributed by atoms with E-state index < -0.39 is 0 Å². The first-order chi connectivity index (χ1) is 11.2. The van der Waals surface area contributed by atoms with Crippen molar-refractivity contribution in [3.8, 4) is 0 Å². The van der Waals surface area contributed by atoms with Gasteiger partial charge >= 0.3 is 0 Å². The third-order valence-corrected chi connectivity index (χ3v) is 5.51. The quantitative estimate of drug-likeness (QED) is 0.926. The molecule has 0 bridgehead atoms. The Kier molecular flexibility index (Phi) is 3.85. The molecule has 1 atom stereocenters. The SMILES string of the molecule is CC1CCCCN1CC(=O)N1CCc2[nH]c3ccccc3c2C1. The second-order valence-electron chi connectivity index (χ2n) is 7.01. The highest BCUT2D eigenvalue weighted by molar-refractivity contribution is 5.86. The molecule has 4 rings (SSSR count). The van der Waals surface area contributed by atoms with Crippen LogP contribution in [-0.4, -0.2) is 46.4 Å². The second-order valence-corrected chi connectivity index (χ2v) is 7.01. The van der Waals surface area contributed by atoms with Gasteiger partial charge in [0.15, 0.2) is 0 Å². The minimum absolute atomic E-state index is 0.287. The fourth-order valence-corrected chi connectivity index (χ4v) is 4.05. The van der Waals surface area contributed by atoms with Crippen LogP contribution in [0.1, 0.15) is 37.4 Å². The number of aromatic amines is 1. The summed E-state index contributed by atoms with van der Waals surface area (Å²) in [6, 6.07) is 8.96. The number of amides is 1. The van der Waals surface area contributed by atoms with Crippen molar-refractivity contribution >= 4 is 16.8 Å². The number of likely N-dealkylation sites (tertiary alicyclic amines) is 1. The molecule has 1 amide bonds. The Morgan fingerprint density at radius 3 is 3.00 bits per heavy atom. The summed E-state index contributed by atoms with van der Waals surface area (Å²) in [5.41, 5.74) is 3.81. The summed E-state index contributed by atoms with van der Waals surface area (Å²) >= 11 is 0. The van der Waals surface area contributed by atoms with Gasteiger partial charge in [-0.05, 0) is 32.4 Å². The van der Waals surface area contributed by atoms with E-state index >= 15 is 0 Å². The molecule has 4 nitrogen and oxygen atoms in total. The van der Waals surface area contributed by atoms with Crippen LogP contribution in [0, 0.1) is 0 Å². The number of H-pyrrole nitrogens is 1. The van der Waals surface area contributed by atoms with Crippen LogP contribution in [0.3, 0.4) is 0 Å². The van der Waals surface area contributed by atoms with Gasteiger partial charge in [0.2, 0.25) is 5.91 Å². The number of hydrogen-bond acceptors (Lipinski definition) is 2. The van der Waals surface area contributed by atoms with E-state index in [4.69, 9.17) is 0 Å². The minimum atomic E-state index is 0.287. The summed E-state index contributed by atoms with van der Waals surface area (Å²) in [6.07, 6.45) is 4.68. The smallest absolute Gasteiger partial charge is 0.237 e. The molecule has 1 saturated heterocycles. The number of carbonyl (C=O) groups is 1. The fraction of sp³-hybridized carbons (Fsp3) is 0.526. The van der Waals surface area contributed by atoms with Gasteiger partial charge in [0.05, 0.1) is 6.54 Å². The van der Waals surface area contributed by atoms with Gasteiger partial charge in [-0.1, -0.05) is 24.6 Å². The Hall–Kier alpha value is -1.81. The molecule has 2 aromatic rings. The summed E-state index contributed by atoms with van der Waals surface area (Å²) in [5.74, 6) is 0.287. The predicted octanol–water partition coefficient (Wildman–Crippen LogP) is 2.93. The van der Waals surface area contributed by atoms with E-state index in [9.17, 15) is 4.79 Å². The fourth-order valence-electron chi connectivity index (χ4n) is 4.05. The molecule has 1 N–H and O–H groups in total. The molecule has 0 radical (unpaired) electrons. The highest BCUT2D eigenvalue weighted by Crippen LogP contribution is 2.27. The largest absolute Gasteiger partial charge is 0.358 e. The molecular weight excluding hydrogens is 286 g/mol. The molecule has 122 valence electrons. The Labute approximate surface area is 137 Å². The van der Waals surface area contributed by atoms with E-state index in [1.165, 1.54) is 41.4 Å². The van der Waals surface area contributed by atoms with Gasteiger partial charge in [0, 0.05) is 47.7 Å². The lowest BCUT2D eigenvalue weighted by Gasteiger charge is -2.35. The third kappa shape index (κ3) is 2.76. The third-order valence-electron chi connectivity index (χ3n) is 5.51. The zero-order chi connectivity index (χ0) is 15.8. The van der Waals surface area contributed by atoms with Crippen molar-refractivity contribution < 1.29 is 4.79 Å². The number of aromatic nitrogens is 1. The maximum absolute atomic E-state index is 12.8. The van der Waals surface area contributed by atoms with E-state index in [1.54, 1.807) is 0 Å². The number of piperidine rings is 1. The van der Waals surface area contributed by atoms with Crippen LogP contribution >= 0.6 is 0 Å². The zero-order valence-corrected chi connectivity index (χ0v) is 13.8. The minimum Gasteiger partial charge on any atom is -0.358 e. The lowest BCUT2D eigenvalue weighted by molar-refractivity contribution is -0.134. The summed E-state index contributed by atoms with van der Waals surface area (Å²) in [5, 5.41) is 1.27. The van der Waals surface area contributed by atoms with E-state index in [1.807, 2.05) is 4.90 Å². The van der Waals surface area contributed by atoms with Crippen molar-refractivity contribution in [3.05, 3.63) is 35.5 Å². The van der Waals surface area contributed by atoms with Crippen molar-refractivity contribution in [2.75, 3.05) is 19.6 Å². The van der Waals surface area contributed by atoms with Crippen LogP contribution < -0.4 is 0 Å². The van der Waals surface area contributed by atoms with Gasteiger partial charge in [-0.2, -0.15) is 0 Å². The average molecular weight is 311 g/mol. The molecule has 23 heavy (non-hydrogen) atoms. The van der Waals surface area contributed by atoms with Crippen molar-refractivity contribution in [1.82, 2.24) is 14.8 Å². The first-order valence-electron chi connectivity index (χ1n) is 8.82. The standard InChI is InChI=1S/C19H25N3O/c1-14-6-4-5-10-21(14)13-19(23)22-11-9-18-16(12-22)15-7-2-3-8-17(15)20-18/h2-3,7-8,14,20H,4-6,9-13H2,1H3. The molecule has 1 aromatic heterocycles. The molecule has 0 saturated carbocycles. The lowest BCUT2D eigenvalue weighted by atomic mass is 10.0. The van der Waals surface area contributed by atoms with Crippen LogP contribution in [0.15, 0.2) is 24.3 Å². The number of fused-ring (bicyclic) bond motifs is 3. The van der Waals surface area contributed by atoms with Crippen molar-refractivity contribution in [1.29, 1.82) is 0 Å². The number of carbonyl (C=O) groups excluding carboxylic acids is 1. The van der Waals surface area contributed by atoms with Gasteiger partial charge in [0.25, 0.3) is 0 Å². The van der Waals surface area contributed by atoms with Gasteiger partial charge in [0.1, 0.15) is 0 Å². The van der Waals surface area contributed by atoms with Crippen LogP contribution in [0.2, 0.25) is 0 Å². The maximum atomic E-state index is 12.8. The lowest BCUT2D eigenvalue weighted by Crippen LogP contribution is -2.46. The Morgan fingerprint density at radius 2 is 2.13 bits per heavy atom. The number of benzene rings is 1. The van der Waals surface area contributed by atoms with Crippen LogP contribution in [-0.2, 0) is 17.8 Å². The Morgan fingerprint density at radius 1 is 1.26 bits per heavy atom. The number of rotatable bonds is 2. The number of nitrogens with one attached hydrogen (secondary N) is 1.